The summed E-state index contributed by atoms with van der Waals surface area (Å²) in [4.78, 5) is 0. The first-order valence-corrected chi connectivity index (χ1v) is 6.92. The van der Waals surface area contributed by atoms with Gasteiger partial charge in [-0.25, -0.2) is 0 Å². The molecular formula is C16H24N2O. The summed E-state index contributed by atoms with van der Waals surface area (Å²) < 4.78 is 5.84. The zero-order chi connectivity index (χ0) is 14.3. The highest BCUT2D eigenvalue weighted by atomic mass is 16.5. The Morgan fingerprint density at radius 2 is 2.11 bits per heavy atom. The first-order chi connectivity index (χ1) is 9.00. The van der Waals surface area contributed by atoms with Gasteiger partial charge in [-0.3, -0.25) is 0 Å². The molecule has 1 aromatic carbocycles. The van der Waals surface area contributed by atoms with Crippen LogP contribution >= 0.6 is 0 Å². The summed E-state index contributed by atoms with van der Waals surface area (Å²) in [7, 11) is 0. The highest BCUT2D eigenvalue weighted by Gasteiger charge is 2.16. The van der Waals surface area contributed by atoms with Crippen molar-refractivity contribution in [1.82, 2.24) is 0 Å². The maximum atomic E-state index is 8.84. The smallest absolute Gasteiger partial charge is 0.122 e. The van der Waals surface area contributed by atoms with Crippen molar-refractivity contribution in [3.8, 4) is 11.8 Å². The molecule has 0 amide bonds. The largest absolute Gasteiger partial charge is 0.493 e. The van der Waals surface area contributed by atoms with Crippen LogP contribution in [0.5, 0.6) is 5.75 Å². The van der Waals surface area contributed by atoms with Gasteiger partial charge in [-0.05, 0) is 43.7 Å². The van der Waals surface area contributed by atoms with Crippen molar-refractivity contribution < 1.29 is 4.74 Å². The molecule has 1 aromatic rings. The van der Waals surface area contributed by atoms with Gasteiger partial charge in [0.05, 0.1) is 12.7 Å². The molecule has 0 heterocycles. The fourth-order valence-electron chi connectivity index (χ4n) is 1.92. The second-order valence-electron chi connectivity index (χ2n) is 5.33. The van der Waals surface area contributed by atoms with Gasteiger partial charge in [0.2, 0.25) is 0 Å². The third-order valence-electron chi connectivity index (χ3n) is 3.42. The van der Waals surface area contributed by atoms with E-state index in [4.69, 9.17) is 15.7 Å². The molecule has 0 aliphatic carbocycles. The average molecular weight is 260 g/mol. The van der Waals surface area contributed by atoms with Crippen molar-refractivity contribution in [3.63, 3.8) is 0 Å². The van der Waals surface area contributed by atoms with Gasteiger partial charge in [-0.15, -0.1) is 0 Å². The minimum atomic E-state index is -0.750. The predicted molar refractivity (Wildman–Crippen MR) is 78.1 cm³/mol. The van der Waals surface area contributed by atoms with Gasteiger partial charge >= 0.3 is 0 Å². The standard InChI is InChI=1S/C16H24N2O/c1-4-13(2)14-8-5-6-9-15(14)19-11-7-10-16(3,18)12-17/h5-6,8-9,13H,4,7,10-11,18H2,1-3H3. The molecule has 0 fully saturated rings. The SMILES string of the molecule is CCC(C)c1ccccc1OCCCC(C)(N)C#N. The molecule has 0 spiro atoms. The minimum absolute atomic E-state index is 0.495. The summed E-state index contributed by atoms with van der Waals surface area (Å²) in [5.74, 6) is 1.45. The first kappa shape index (κ1) is 15.5. The van der Waals surface area contributed by atoms with Crippen LogP contribution < -0.4 is 10.5 Å². The van der Waals surface area contributed by atoms with Gasteiger partial charge in [0.25, 0.3) is 0 Å². The highest BCUT2D eigenvalue weighted by molar-refractivity contribution is 5.35. The molecule has 1 rings (SSSR count). The lowest BCUT2D eigenvalue weighted by atomic mass is 9.97. The summed E-state index contributed by atoms with van der Waals surface area (Å²) in [6, 6.07) is 10.3. The van der Waals surface area contributed by atoms with E-state index in [1.54, 1.807) is 6.92 Å². The van der Waals surface area contributed by atoms with E-state index in [0.717, 1.165) is 18.6 Å². The van der Waals surface area contributed by atoms with Crippen LogP contribution in [0.2, 0.25) is 0 Å². The predicted octanol–water partition coefficient (Wildman–Crippen LogP) is 3.60. The molecule has 3 nitrogen and oxygen atoms in total. The lowest BCUT2D eigenvalue weighted by Crippen LogP contribution is -2.34. The number of nitrogens with zero attached hydrogens (tertiary/aromatic N) is 1. The van der Waals surface area contributed by atoms with E-state index >= 15 is 0 Å². The maximum absolute atomic E-state index is 8.84. The molecule has 2 atom stereocenters. The van der Waals surface area contributed by atoms with E-state index in [-0.39, 0.29) is 0 Å². The summed E-state index contributed by atoms with van der Waals surface area (Å²) in [5.41, 5.74) is 6.28. The molecule has 0 aromatic heterocycles. The van der Waals surface area contributed by atoms with E-state index in [1.807, 2.05) is 18.2 Å². The zero-order valence-electron chi connectivity index (χ0n) is 12.1. The van der Waals surface area contributed by atoms with Crippen molar-refractivity contribution in [2.24, 2.45) is 5.73 Å². The van der Waals surface area contributed by atoms with Gasteiger partial charge in [0.1, 0.15) is 11.3 Å². The van der Waals surface area contributed by atoms with E-state index < -0.39 is 5.54 Å². The molecule has 2 unspecified atom stereocenters. The van der Waals surface area contributed by atoms with Crippen LogP contribution in [0.15, 0.2) is 24.3 Å². The number of ether oxygens (including phenoxy) is 1. The molecule has 0 saturated carbocycles. The second kappa shape index (κ2) is 7.16. The van der Waals surface area contributed by atoms with Crippen LogP contribution in [-0.4, -0.2) is 12.1 Å². The fourth-order valence-corrected chi connectivity index (χ4v) is 1.92. The summed E-state index contributed by atoms with van der Waals surface area (Å²) >= 11 is 0. The van der Waals surface area contributed by atoms with E-state index in [1.165, 1.54) is 5.56 Å². The molecule has 0 saturated heterocycles. The lowest BCUT2D eigenvalue weighted by molar-refractivity contribution is 0.292. The van der Waals surface area contributed by atoms with E-state index in [2.05, 4.69) is 26.0 Å². The van der Waals surface area contributed by atoms with Crippen LogP contribution in [0.3, 0.4) is 0 Å². The van der Waals surface area contributed by atoms with Gasteiger partial charge in [-0.2, -0.15) is 5.26 Å². The number of hydrogen-bond acceptors (Lipinski definition) is 3. The van der Waals surface area contributed by atoms with Gasteiger partial charge in [-0.1, -0.05) is 32.0 Å². The monoisotopic (exact) mass is 260 g/mol. The van der Waals surface area contributed by atoms with Crippen molar-refractivity contribution in [3.05, 3.63) is 29.8 Å². The molecule has 0 aliphatic rings. The van der Waals surface area contributed by atoms with Crippen LogP contribution in [0.1, 0.15) is 51.5 Å². The van der Waals surface area contributed by atoms with Crippen molar-refractivity contribution >= 4 is 0 Å². The molecular weight excluding hydrogens is 236 g/mol. The van der Waals surface area contributed by atoms with Crippen molar-refractivity contribution in [2.45, 2.75) is 51.5 Å². The van der Waals surface area contributed by atoms with Gasteiger partial charge < -0.3 is 10.5 Å². The quantitative estimate of drug-likeness (QED) is 0.762. The number of para-hydroxylation sites is 1. The zero-order valence-corrected chi connectivity index (χ0v) is 12.1. The molecule has 2 N–H and O–H groups in total. The molecule has 0 bridgehead atoms. The second-order valence-corrected chi connectivity index (χ2v) is 5.33. The topological polar surface area (TPSA) is 59.0 Å². The Labute approximate surface area is 116 Å². The first-order valence-electron chi connectivity index (χ1n) is 6.92. The van der Waals surface area contributed by atoms with Crippen LogP contribution in [0, 0.1) is 11.3 Å². The van der Waals surface area contributed by atoms with Gasteiger partial charge in [0, 0.05) is 0 Å². The highest BCUT2D eigenvalue weighted by Crippen LogP contribution is 2.28. The Balaban J connectivity index is 2.52. The Morgan fingerprint density at radius 1 is 1.42 bits per heavy atom. The number of benzene rings is 1. The van der Waals surface area contributed by atoms with E-state index in [0.29, 0.717) is 18.9 Å². The van der Waals surface area contributed by atoms with E-state index in [9.17, 15) is 0 Å². The normalized spacial score (nSPS) is 15.3. The Bertz CT molecular complexity index is 435. The summed E-state index contributed by atoms with van der Waals surface area (Å²) in [5, 5.41) is 8.84. The third kappa shape index (κ3) is 4.92. The Morgan fingerprint density at radius 3 is 2.74 bits per heavy atom. The number of nitriles is 1. The molecule has 0 aliphatic heterocycles. The van der Waals surface area contributed by atoms with Crippen LogP contribution in [0.4, 0.5) is 0 Å². The number of nitrogens with two attached hydrogens (primary N) is 1. The lowest BCUT2D eigenvalue weighted by Gasteiger charge is -2.17. The molecule has 19 heavy (non-hydrogen) atoms. The molecule has 104 valence electrons. The number of hydrogen-bond donors (Lipinski definition) is 1. The average Bonchev–Trinajstić information content (AvgIpc) is 2.43. The summed E-state index contributed by atoms with van der Waals surface area (Å²) in [6.45, 7) is 6.73. The van der Waals surface area contributed by atoms with Crippen LogP contribution in [-0.2, 0) is 0 Å². The fraction of sp³-hybridized carbons (Fsp3) is 0.562. The number of rotatable bonds is 7. The summed E-state index contributed by atoms with van der Waals surface area (Å²) in [6.07, 6.45) is 2.53. The maximum Gasteiger partial charge on any atom is 0.122 e. The minimum Gasteiger partial charge on any atom is -0.493 e. The Hall–Kier alpha value is -1.53. The van der Waals surface area contributed by atoms with Crippen molar-refractivity contribution in [2.75, 3.05) is 6.61 Å². The van der Waals surface area contributed by atoms with Crippen LogP contribution in [0.25, 0.3) is 0 Å². The van der Waals surface area contributed by atoms with Gasteiger partial charge in [0.15, 0.2) is 0 Å². The third-order valence-corrected chi connectivity index (χ3v) is 3.42. The van der Waals surface area contributed by atoms with Crippen molar-refractivity contribution in [1.29, 1.82) is 5.26 Å². The Kier molecular flexibility index (Phi) is 5.85. The molecule has 3 heteroatoms. The molecule has 0 radical (unpaired) electrons.